The smallest absolute Gasteiger partial charge is 0.226 e. The van der Waals surface area contributed by atoms with Crippen LogP contribution in [0.2, 0.25) is 0 Å². The predicted molar refractivity (Wildman–Crippen MR) is 71.2 cm³/mol. The van der Waals surface area contributed by atoms with Crippen molar-refractivity contribution in [1.82, 2.24) is 4.98 Å². The van der Waals surface area contributed by atoms with Crippen LogP contribution in [0.15, 0.2) is 28.9 Å². The Kier molecular flexibility index (Phi) is 2.67. The maximum absolute atomic E-state index is 5.44. The third kappa shape index (κ3) is 1.66. The van der Waals surface area contributed by atoms with E-state index in [1.165, 1.54) is 0 Å². The van der Waals surface area contributed by atoms with Gasteiger partial charge in [-0.1, -0.05) is 0 Å². The molecule has 0 saturated carbocycles. The number of rotatable bonds is 3. The highest BCUT2D eigenvalue weighted by molar-refractivity contribution is 5.97. The molecule has 0 saturated heterocycles. The van der Waals surface area contributed by atoms with Gasteiger partial charge in [0.25, 0.3) is 0 Å². The van der Waals surface area contributed by atoms with E-state index in [0.717, 1.165) is 16.3 Å². The second kappa shape index (κ2) is 4.35. The first kappa shape index (κ1) is 11.6. The van der Waals surface area contributed by atoms with Crippen molar-refractivity contribution in [3.05, 3.63) is 24.5 Å². The Balaban J connectivity index is 2.45. The molecule has 0 bridgehead atoms. The van der Waals surface area contributed by atoms with Gasteiger partial charge in [-0.25, -0.2) is 4.98 Å². The van der Waals surface area contributed by atoms with Gasteiger partial charge >= 0.3 is 0 Å². The Morgan fingerprint density at radius 3 is 2.47 bits per heavy atom. The Morgan fingerprint density at radius 1 is 1.00 bits per heavy atom. The number of hydrogen-bond donors (Lipinski definition) is 0. The van der Waals surface area contributed by atoms with Crippen molar-refractivity contribution in [1.29, 1.82) is 0 Å². The van der Waals surface area contributed by atoms with E-state index in [0.29, 0.717) is 23.0 Å². The van der Waals surface area contributed by atoms with E-state index in [2.05, 4.69) is 4.98 Å². The fraction of sp³-hybridized carbons (Fsp3) is 0.214. The van der Waals surface area contributed by atoms with E-state index >= 15 is 0 Å². The SMILES string of the molecule is COc1cc2nc3occc3cc2c(OC)c1OC. The lowest BCUT2D eigenvalue weighted by molar-refractivity contribution is 0.327. The highest BCUT2D eigenvalue weighted by Gasteiger charge is 2.17. The highest BCUT2D eigenvalue weighted by atomic mass is 16.5. The molecular formula is C14H13NO4. The summed E-state index contributed by atoms with van der Waals surface area (Å²) in [6.07, 6.45) is 1.61. The van der Waals surface area contributed by atoms with Crippen LogP contribution in [0.25, 0.3) is 22.0 Å². The lowest BCUT2D eigenvalue weighted by Gasteiger charge is -2.14. The molecule has 1 aromatic carbocycles. The second-order valence-electron chi connectivity index (χ2n) is 4.02. The number of furan rings is 1. The van der Waals surface area contributed by atoms with E-state index in [-0.39, 0.29) is 0 Å². The number of nitrogens with zero attached hydrogens (tertiary/aromatic N) is 1. The van der Waals surface area contributed by atoms with E-state index in [4.69, 9.17) is 18.6 Å². The molecule has 0 fully saturated rings. The number of fused-ring (bicyclic) bond motifs is 2. The van der Waals surface area contributed by atoms with E-state index < -0.39 is 0 Å². The number of aromatic nitrogens is 1. The highest BCUT2D eigenvalue weighted by Crippen LogP contribution is 2.43. The summed E-state index contributed by atoms with van der Waals surface area (Å²) in [7, 11) is 4.75. The minimum absolute atomic E-state index is 0.558. The summed E-state index contributed by atoms with van der Waals surface area (Å²) < 4.78 is 21.4. The molecule has 98 valence electrons. The van der Waals surface area contributed by atoms with Gasteiger partial charge in [0.2, 0.25) is 11.5 Å². The van der Waals surface area contributed by atoms with Crippen LogP contribution in [0.1, 0.15) is 0 Å². The molecule has 2 aromatic heterocycles. The van der Waals surface area contributed by atoms with Crippen LogP contribution in [-0.2, 0) is 0 Å². The van der Waals surface area contributed by atoms with Crippen LogP contribution < -0.4 is 14.2 Å². The summed E-state index contributed by atoms with van der Waals surface area (Å²) in [5, 5.41) is 1.77. The van der Waals surface area contributed by atoms with Gasteiger partial charge in [0.05, 0.1) is 33.1 Å². The summed E-state index contributed by atoms with van der Waals surface area (Å²) in [5.41, 5.74) is 1.32. The van der Waals surface area contributed by atoms with Gasteiger partial charge in [0.15, 0.2) is 11.5 Å². The van der Waals surface area contributed by atoms with Gasteiger partial charge < -0.3 is 18.6 Å². The van der Waals surface area contributed by atoms with Crippen LogP contribution in [-0.4, -0.2) is 26.3 Å². The summed E-state index contributed by atoms with van der Waals surface area (Å²) in [6.45, 7) is 0. The van der Waals surface area contributed by atoms with Crippen LogP contribution in [0.5, 0.6) is 17.2 Å². The number of pyridine rings is 1. The van der Waals surface area contributed by atoms with Crippen molar-refractivity contribution >= 4 is 22.0 Å². The van der Waals surface area contributed by atoms with Crippen molar-refractivity contribution in [2.75, 3.05) is 21.3 Å². The predicted octanol–water partition coefficient (Wildman–Crippen LogP) is 3.01. The Hall–Kier alpha value is -2.43. The third-order valence-corrected chi connectivity index (χ3v) is 3.04. The Labute approximate surface area is 109 Å². The van der Waals surface area contributed by atoms with Crippen LogP contribution in [0.3, 0.4) is 0 Å². The molecule has 2 heterocycles. The molecular weight excluding hydrogens is 246 g/mol. The summed E-state index contributed by atoms with van der Waals surface area (Å²) in [4.78, 5) is 4.45. The first-order valence-corrected chi connectivity index (χ1v) is 5.75. The van der Waals surface area contributed by atoms with Crippen molar-refractivity contribution < 1.29 is 18.6 Å². The average Bonchev–Trinajstić information content (AvgIpc) is 2.89. The zero-order valence-electron chi connectivity index (χ0n) is 10.9. The number of methoxy groups -OCH3 is 3. The fourth-order valence-electron chi connectivity index (χ4n) is 2.17. The topological polar surface area (TPSA) is 53.7 Å². The van der Waals surface area contributed by atoms with Crippen LogP contribution >= 0.6 is 0 Å². The second-order valence-corrected chi connectivity index (χ2v) is 4.02. The van der Waals surface area contributed by atoms with E-state index in [1.807, 2.05) is 12.1 Å². The Bertz CT molecular complexity index is 748. The molecule has 0 radical (unpaired) electrons. The molecule has 3 rings (SSSR count). The number of ether oxygens (including phenoxy) is 3. The molecule has 0 amide bonds. The average molecular weight is 259 g/mol. The molecule has 0 unspecified atom stereocenters. The molecule has 0 atom stereocenters. The van der Waals surface area contributed by atoms with E-state index in [9.17, 15) is 0 Å². The standard InChI is InChI=1S/C14H13NO4/c1-16-11-7-10-9(12(17-2)13(11)18-3)6-8-4-5-19-14(8)15-10/h4-7H,1-3H3. The fourth-order valence-corrected chi connectivity index (χ4v) is 2.17. The van der Waals surface area contributed by atoms with Gasteiger partial charge in [-0.15, -0.1) is 0 Å². The monoisotopic (exact) mass is 259 g/mol. The molecule has 5 nitrogen and oxygen atoms in total. The van der Waals surface area contributed by atoms with Crippen molar-refractivity contribution in [2.45, 2.75) is 0 Å². The van der Waals surface area contributed by atoms with Gasteiger partial charge in [0, 0.05) is 16.8 Å². The quantitative estimate of drug-likeness (QED) is 0.723. The van der Waals surface area contributed by atoms with Crippen molar-refractivity contribution in [3.63, 3.8) is 0 Å². The summed E-state index contributed by atoms with van der Waals surface area (Å²) in [5.74, 6) is 1.74. The summed E-state index contributed by atoms with van der Waals surface area (Å²) in [6, 6.07) is 5.62. The maximum Gasteiger partial charge on any atom is 0.226 e. The largest absolute Gasteiger partial charge is 0.493 e. The molecule has 5 heteroatoms. The van der Waals surface area contributed by atoms with Gasteiger partial charge in [0.1, 0.15) is 0 Å². The van der Waals surface area contributed by atoms with Gasteiger partial charge in [-0.3, -0.25) is 0 Å². The first-order valence-electron chi connectivity index (χ1n) is 5.75. The zero-order chi connectivity index (χ0) is 13.4. The minimum atomic E-state index is 0.558. The van der Waals surface area contributed by atoms with E-state index in [1.54, 1.807) is 33.7 Å². The number of benzene rings is 1. The minimum Gasteiger partial charge on any atom is -0.493 e. The lowest BCUT2D eigenvalue weighted by atomic mass is 10.1. The lowest BCUT2D eigenvalue weighted by Crippen LogP contribution is -1.96. The zero-order valence-corrected chi connectivity index (χ0v) is 10.9. The van der Waals surface area contributed by atoms with Crippen LogP contribution in [0, 0.1) is 0 Å². The van der Waals surface area contributed by atoms with Gasteiger partial charge in [-0.2, -0.15) is 0 Å². The molecule has 0 aliphatic heterocycles. The van der Waals surface area contributed by atoms with Crippen molar-refractivity contribution in [3.8, 4) is 17.2 Å². The molecule has 0 N–H and O–H groups in total. The third-order valence-electron chi connectivity index (χ3n) is 3.04. The first-order chi connectivity index (χ1) is 9.28. The van der Waals surface area contributed by atoms with Gasteiger partial charge in [-0.05, 0) is 12.1 Å². The Morgan fingerprint density at radius 2 is 1.79 bits per heavy atom. The molecule has 0 spiro atoms. The molecule has 0 aliphatic rings. The molecule has 19 heavy (non-hydrogen) atoms. The normalized spacial score (nSPS) is 10.9. The maximum atomic E-state index is 5.44. The molecule has 0 aliphatic carbocycles. The summed E-state index contributed by atoms with van der Waals surface area (Å²) >= 11 is 0. The number of hydrogen-bond acceptors (Lipinski definition) is 5. The van der Waals surface area contributed by atoms with Crippen LogP contribution in [0.4, 0.5) is 0 Å². The van der Waals surface area contributed by atoms with Crippen molar-refractivity contribution in [2.24, 2.45) is 0 Å². The molecule has 3 aromatic rings.